The fourth-order valence-corrected chi connectivity index (χ4v) is 0.676. The van der Waals surface area contributed by atoms with Gasteiger partial charge in [0.1, 0.15) is 0 Å². The number of ketones is 1. The van der Waals surface area contributed by atoms with Gasteiger partial charge in [-0.1, -0.05) is 6.92 Å². The third-order valence-electron chi connectivity index (χ3n) is 1.25. The first-order valence-electron chi connectivity index (χ1n) is 2.57. The summed E-state index contributed by atoms with van der Waals surface area (Å²) in [5, 5.41) is 0. The van der Waals surface area contributed by atoms with Gasteiger partial charge >= 0.3 is 0 Å². The van der Waals surface area contributed by atoms with Gasteiger partial charge in [0.25, 0.3) is 0 Å². The number of likely N-dealkylation sites (tertiary alicyclic amines) is 1. The SMILES string of the molecule is CCN1CC(=O)C1. The van der Waals surface area contributed by atoms with Crippen LogP contribution in [-0.4, -0.2) is 30.3 Å². The molecule has 0 atom stereocenters. The fourth-order valence-electron chi connectivity index (χ4n) is 0.676. The van der Waals surface area contributed by atoms with Gasteiger partial charge in [0, 0.05) is 0 Å². The zero-order valence-electron chi connectivity index (χ0n) is 4.48. The molecular formula is C5H9NO. The highest BCUT2D eigenvalue weighted by molar-refractivity contribution is 5.87. The summed E-state index contributed by atoms with van der Waals surface area (Å²) >= 11 is 0. The second-order valence-electron chi connectivity index (χ2n) is 1.84. The molecule has 1 rings (SSSR count). The van der Waals surface area contributed by atoms with Crippen LogP contribution in [0.2, 0.25) is 0 Å². The highest BCUT2D eigenvalue weighted by Crippen LogP contribution is 1.98. The summed E-state index contributed by atoms with van der Waals surface area (Å²) in [5.41, 5.74) is 0. The summed E-state index contributed by atoms with van der Waals surface area (Å²) in [7, 11) is 0. The maximum absolute atomic E-state index is 10.2. The van der Waals surface area contributed by atoms with E-state index >= 15 is 0 Å². The second-order valence-corrected chi connectivity index (χ2v) is 1.84. The molecule has 0 aromatic heterocycles. The van der Waals surface area contributed by atoms with E-state index < -0.39 is 0 Å². The van der Waals surface area contributed by atoms with Crippen LogP contribution in [0.4, 0.5) is 0 Å². The lowest BCUT2D eigenvalue weighted by molar-refractivity contribution is -0.128. The number of rotatable bonds is 1. The van der Waals surface area contributed by atoms with Crippen molar-refractivity contribution in [1.29, 1.82) is 0 Å². The Morgan fingerprint density at radius 2 is 2.29 bits per heavy atom. The lowest BCUT2D eigenvalue weighted by Gasteiger charge is -2.26. The average Bonchev–Trinajstić information content (AvgIpc) is 1.58. The first-order valence-corrected chi connectivity index (χ1v) is 2.57. The summed E-state index contributed by atoms with van der Waals surface area (Å²) in [6.45, 7) is 4.46. The second kappa shape index (κ2) is 1.62. The van der Waals surface area contributed by atoms with Gasteiger partial charge in [-0.3, -0.25) is 9.69 Å². The topological polar surface area (TPSA) is 20.3 Å². The molecule has 2 heteroatoms. The van der Waals surface area contributed by atoms with Crippen LogP contribution in [0.15, 0.2) is 0 Å². The average molecular weight is 99.1 g/mol. The number of carbonyl (C=O) groups excluding carboxylic acids is 1. The van der Waals surface area contributed by atoms with E-state index in [0.717, 1.165) is 6.54 Å². The van der Waals surface area contributed by atoms with Crippen LogP contribution in [0.3, 0.4) is 0 Å². The van der Waals surface area contributed by atoms with E-state index in [1.807, 2.05) is 0 Å². The Hall–Kier alpha value is -0.370. The maximum Gasteiger partial charge on any atom is 0.160 e. The maximum atomic E-state index is 10.2. The molecular weight excluding hydrogens is 90.1 g/mol. The van der Waals surface area contributed by atoms with Gasteiger partial charge in [0.15, 0.2) is 5.78 Å². The largest absolute Gasteiger partial charge is 0.297 e. The number of carbonyl (C=O) groups is 1. The van der Waals surface area contributed by atoms with Crippen molar-refractivity contribution in [1.82, 2.24) is 4.90 Å². The minimum absolute atomic E-state index is 0.377. The van der Waals surface area contributed by atoms with Crippen molar-refractivity contribution in [2.45, 2.75) is 6.92 Å². The zero-order chi connectivity index (χ0) is 5.28. The molecule has 0 aromatic rings. The Morgan fingerprint density at radius 1 is 1.71 bits per heavy atom. The van der Waals surface area contributed by atoms with Gasteiger partial charge in [-0.15, -0.1) is 0 Å². The summed E-state index contributed by atoms with van der Waals surface area (Å²) in [6.07, 6.45) is 0. The first-order chi connectivity index (χ1) is 3.33. The number of Topliss-reactive ketones (excluding diaryl/α,β-unsaturated/α-hetero) is 1. The molecule has 0 amide bonds. The highest BCUT2D eigenvalue weighted by Gasteiger charge is 2.20. The first kappa shape index (κ1) is 4.78. The molecule has 1 saturated heterocycles. The lowest BCUT2D eigenvalue weighted by Crippen LogP contribution is -2.46. The van der Waals surface area contributed by atoms with Gasteiger partial charge in [0.2, 0.25) is 0 Å². The number of likely N-dealkylation sites (N-methyl/N-ethyl adjacent to an activating group) is 1. The molecule has 0 spiro atoms. The molecule has 0 bridgehead atoms. The molecule has 0 aliphatic carbocycles. The van der Waals surface area contributed by atoms with E-state index in [9.17, 15) is 4.79 Å². The monoisotopic (exact) mass is 99.1 g/mol. The van der Waals surface area contributed by atoms with E-state index in [1.165, 1.54) is 0 Å². The Kier molecular flexibility index (Phi) is 1.11. The smallest absolute Gasteiger partial charge is 0.160 e. The van der Waals surface area contributed by atoms with Gasteiger partial charge in [-0.2, -0.15) is 0 Å². The van der Waals surface area contributed by atoms with Gasteiger partial charge in [0.05, 0.1) is 13.1 Å². The summed E-state index contributed by atoms with van der Waals surface area (Å²) in [6, 6.07) is 0. The molecule has 1 aliphatic rings. The van der Waals surface area contributed by atoms with Crippen LogP contribution in [0.1, 0.15) is 6.92 Å². The van der Waals surface area contributed by atoms with Crippen molar-refractivity contribution >= 4 is 5.78 Å². The molecule has 0 aromatic carbocycles. The minimum Gasteiger partial charge on any atom is -0.297 e. The van der Waals surface area contributed by atoms with Gasteiger partial charge < -0.3 is 0 Å². The normalized spacial score (nSPS) is 22.1. The van der Waals surface area contributed by atoms with Crippen molar-refractivity contribution < 1.29 is 4.79 Å². The van der Waals surface area contributed by atoms with E-state index in [2.05, 4.69) is 11.8 Å². The molecule has 1 aliphatic heterocycles. The Balaban J connectivity index is 2.17. The predicted octanol–water partition coefficient (Wildman–Crippen LogP) is -0.109. The number of hydrogen-bond acceptors (Lipinski definition) is 2. The van der Waals surface area contributed by atoms with Crippen molar-refractivity contribution in [3.05, 3.63) is 0 Å². The lowest BCUT2D eigenvalue weighted by atomic mass is 10.2. The van der Waals surface area contributed by atoms with Crippen LogP contribution in [0.5, 0.6) is 0 Å². The molecule has 40 valence electrons. The zero-order valence-corrected chi connectivity index (χ0v) is 4.48. The van der Waals surface area contributed by atoms with Crippen molar-refractivity contribution in [3.8, 4) is 0 Å². The summed E-state index contributed by atoms with van der Waals surface area (Å²) in [4.78, 5) is 12.3. The Morgan fingerprint density at radius 3 is 2.43 bits per heavy atom. The number of nitrogens with zero attached hydrogens (tertiary/aromatic N) is 1. The molecule has 1 fully saturated rings. The van der Waals surface area contributed by atoms with Crippen LogP contribution < -0.4 is 0 Å². The minimum atomic E-state index is 0.377. The van der Waals surface area contributed by atoms with Crippen LogP contribution in [0, 0.1) is 0 Å². The third-order valence-corrected chi connectivity index (χ3v) is 1.25. The quantitative estimate of drug-likeness (QED) is 0.457. The van der Waals surface area contributed by atoms with E-state index in [-0.39, 0.29) is 0 Å². The van der Waals surface area contributed by atoms with Gasteiger partial charge in [-0.05, 0) is 6.54 Å². The molecule has 2 nitrogen and oxygen atoms in total. The molecule has 0 radical (unpaired) electrons. The van der Waals surface area contributed by atoms with Crippen molar-refractivity contribution in [2.24, 2.45) is 0 Å². The van der Waals surface area contributed by atoms with E-state index in [4.69, 9.17) is 0 Å². The number of hydrogen-bond donors (Lipinski definition) is 0. The molecule has 0 saturated carbocycles. The Bertz CT molecular complexity index is 82.1. The molecule has 0 N–H and O–H groups in total. The summed E-state index contributed by atoms with van der Waals surface area (Å²) < 4.78 is 0. The predicted molar refractivity (Wildman–Crippen MR) is 27.1 cm³/mol. The van der Waals surface area contributed by atoms with Crippen LogP contribution in [0.25, 0.3) is 0 Å². The highest BCUT2D eigenvalue weighted by atomic mass is 16.1. The Labute approximate surface area is 43.1 Å². The van der Waals surface area contributed by atoms with Crippen LogP contribution in [-0.2, 0) is 4.79 Å². The molecule has 0 unspecified atom stereocenters. The standard InChI is InChI=1S/C5H9NO/c1-2-6-3-5(7)4-6/h2-4H2,1H3. The van der Waals surface area contributed by atoms with Crippen LogP contribution >= 0.6 is 0 Å². The van der Waals surface area contributed by atoms with Crippen molar-refractivity contribution in [2.75, 3.05) is 19.6 Å². The fraction of sp³-hybridized carbons (Fsp3) is 0.800. The third kappa shape index (κ3) is 0.800. The molecule has 7 heavy (non-hydrogen) atoms. The van der Waals surface area contributed by atoms with Crippen molar-refractivity contribution in [3.63, 3.8) is 0 Å². The summed E-state index contributed by atoms with van der Waals surface area (Å²) in [5.74, 6) is 0.377. The van der Waals surface area contributed by atoms with Gasteiger partial charge in [-0.25, -0.2) is 0 Å². The van der Waals surface area contributed by atoms with E-state index in [1.54, 1.807) is 0 Å². The molecule has 1 heterocycles. The van der Waals surface area contributed by atoms with E-state index in [0.29, 0.717) is 18.9 Å².